The number of hydrogen-bond acceptors (Lipinski definition) is 2. The maximum Gasteiger partial charge on any atom is 0.228 e. The van der Waals surface area contributed by atoms with E-state index in [4.69, 9.17) is 4.74 Å². The molecule has 1 amide bonds. The van der Waals surface area contributed by atoms with E-state index >= 15 is 0 Å². The van der Waals surface area contributed by atoms with Crippen molar-refractivity contribution >= 4 is 5.91 Å². The molecule has 0 aliphatic carbocycles. The molecule has 0 spiro atoms. The van der Waals surface area contributed by atoms with Crippen molar-refractivity contribution < 1.29 is 13.9 Å². The van der Waals surface area contributed by atoms with Gasteiger partial charge in [-0.2, -0.15) is 0 Å². The number of hydrogen-bond donors (Lipinski definition) is 0. The van der Waals surface area contributed by atoms with Crippen LogP contribution in [0, 0.1) is 11.2 Å². The Labute approximate surface area is 126 Å². The highest BCUT2D eigenvalue weighted by Gasteiger charge is 2.42. The van der Waals surface area contributed by atoms with Gasteiger partial charge in [0, 0.05) is 11.0 Å². The van der Waals surface area contributed by atoms with Gasteiger partial charge in [0.05, 0.1) is 18.7 Å². The molecule has 0 N–H and O–H groups in total. The van der Waals surface area contributed by atoms with Crippen LogP contribution in [0.5, 0.6) is 0 Å². The van der Waals surface area contributed by atoms with Gasteiger partial charge in [0.2, 0.25) is 5.91 Å². The van der Waals surface area contributed by atoms with E-state index < -0.39 is 11.5 Å². The van der Waals surface area contributed by atoms with Crippen LogP contribution in [0.1, 0.15) is 46.3 Å². The zero-order valence-electron chi connectivity index (χ0n) is 13.4. The number of nitrogens with zero attached hydrogens (tertiary/aromatic N) is 1. The fraction of sp³-hybridized carbons (Fsp3) is 0.588. The van der Waals surface area contributed by atoms with Crippen molar-refractivity contribution in [2.75, 3.05) is 13.2 Å². The van der Waals surface area contributed by atoms with E-state index in [1.54, 1.807) is 18.2 Å². The number of ether oxygens (including phenoxy) is 1. The highest BCUT2D eigenvalue weighted by atomic mass is 19.1. The highest BCUT2D eigenvalue weighted by Crippen LogP contribution is 2.34. The summed E-state index contributed by atoms with van der Waals surface area (Å²) < 4.78 is 19.8. The number of rotatable bonds is 1. The number of amides is 1. The Morgan fingerprint density at radius 3 is 2.52 bits per heavy atom. The summed E-state index contributed by atoms with van der Waals surface area (Å²) >= 11 is 0. The van der Waals surface area contributed by atoms with Crippen LogP contribution in [0.15, 0.2) is 24.3 Å². The fourth-order valence-corrected chi connectivity index (χ4v) is 2.54. The molecule has 2 rings (SSSR count). The molecule has 1 fully saturated rings. The topological polar surface area (TPSA) is 29.5 Å². The molecule has 116 valence electrons. The lowest BCUT2D eigenvalue weighted by Crippen LogP contribution is -2.58. The lowest BCUT2D eigenvalue weighted by Gasteiger charge is -2.47. The van der Waals surface area contributed by atoms with Crippen LogP contribution in [-0.4, -0.2) is 29.5 Å². The van der Waals surface area contributed by atoms with E-state index in [9.17, 15) is 9.18 Å². The molecule has 1 aliphatic rings. The van der Waals surface area contributed by atoms with E-state index in [1.807, 2.05) is 39.5 Å². The monoisotopic (exact) mass is 293 g/mol. The largest absolute Gasteiger partial charge is 0.369 e. The van der Waals surface area contributed by atoms with Crippen molar-refractivity contribution in [1.82, 2.24) is 4.90 Å². The Bertz CT molecular complexity index is 534. The van der Waals surface area contributed by atoms with Gasteiger partial charge in [0.1, 0.15) is 11.9 Å². The fourth-order valence-electron chi connectivity index (χ4n) is 2.54. The predicted molar refractivity (Wildman–Crippen MR) is 80.3 cm³/mol. The van der Waals surface area contributed by atoms with Gasteiger partial charge in [-0.1, -0.05) is 39.0 Å². The second-order valence-electron chi connectivity index (χ2n) is 7.30. The molecule has 0 aromatic heterocycles. The first-order valence-corrected chi connectivity index (χ1v) is 7.31. The second-order valence-corrected chi connectivity index (χ2v) is 7.30. The number of benzene rings is 1. The van der Waals surface area contributed by atoms with Crippen molar-refractivity contribution in [2.45, 2.75) is 46.3 Å². The summed E-state index contributed by atoms with van der Waals surface area (Å²) in [5, 5.41) is 0. The third-order valence-corrected chi connectivity index (χ3v) is 3.86. The predicted octanol–water partition coefficient (Wildman–Crippen LogP) is 3.55. The zero-order valence-corrected chi connectivity index (χ0v) is 13.4. The summed E-state index contributed by atoms with van der Waals surface area (Å²) in [5.74, 6) is -0.220. The number of halogens is 1. The maximum atomic E-state index is 13.9. The van der Waals surface area contributed by atoms with Crippen molar-refractivity contribution in [3.05, 3.63) is 35.6 Å². The minimum absolute atomic E-state index is 0.0668. The molecule has 1 atom stereocenters. The third kappa shape index (κ3) is 3.26. The molecule has 0 radical (unpaired) electrons. The standard InChI is InChI=1S/C17H24FNO2/c1-16(2,3)15(20)19-10-14(21-11-17(19,4)5)12-8-6-7-9-13(12)18/h6-9,14H,10-11H2,1-5H3. The molecule has 4 heteroatoms. The molecule has 1 unspecified atom stereocenters. The number of carbonyl (C=O) groups excluding carboxylic acids is 1. The number of carbonyl (C=O) groups is 1. The van der Waals surface area contributed by atoms with Gasteiger partial charge in [-0.05, 0) is 19.9 Å². The molecular formula is C17H24FNO2. The van der Waals surface area contributed by atoms with Gasteiger partial charge in [-0.15, -0.1) is 0 Å². The zero-order chi connectivity index (χ0) is 15.8. The SMILES string of the molecule is CC(C)(C)C(=O)N1CC(c2ccccc2F)OCC1(C)C. The van der Waals surface area contributed by atoms with Gasteiger partial charge in [-0.3, -0.25) is 4.79 Å². The molecule has 0 saturated carbocycles. The summed E-state index contributed by atoms with van der Waals surface area (Å²) in [4.78, 5) is 14.5. The van der Waals surface area contributed by atoms with Crippen molar-refractivity contribution in [3.8, 4) is 0 Å². The molecule has 1 heterocycles. The third-order valence-electron chi connectivity index (χ3n) is 3.86. The average molecular weight is 293 g/mol. The summed E-state index contributed by atoms with van der Waals surface area (Å²) in [5.41, 5.74) is -0.333. The van der Waals surface area contributed by atoms with Crippen LogP contribution < -0.4 is 0 Å². The van der Waals surface area contributed by atoms with E-state index in [0.29, 0.717) is 18.7 Å². The molecule has 1 aliphatic heterocycles. The quantitative estimate of drug-likeness (QED) is 0.792. The molecular weight excluding hydrogens is 269 g/mol. The first kappa shape index (κ1) is 16.0. The first-order valence-electron chi connectivity index (χ1n) is 7.31. The lowest BCUT2D eigenvalue weighted by atomic mass is 9.89. The molecule has 21 heavy (non-hydrogen) atoms. The maximum absolute atomic E-state index is 13.9. The Morgan fingerprint density at radius 2 is 1.95 bits per heavy atom. The van der Waals surface area contributed by atoms with Gasteiger partial charge in [0.25, 0.3) is 0 Å². The van der Waals surface area contributed by atoms with Crippen LogP contribution in [-0.2, 0) is 9.53 Å². The van der Waals surface area contributed by atoms with Crippen molar-refractivity contribution in [1.29, 1.82) is 0 Å². The minimum atomic E-state index is -0.464. The normalized spacial score (nSPS) is 22.2. The lowest BCUT2D eigenvalue weighted by molar-refractivity contribution is -0.163. The van der Waals surface area contributed by atoms with Crippen LogP contribution >= 0.6 is 0 Å². The Hall–Kier alpha value is -1.42. The van der Waals surface area contributed by atoms with E-state index in [0.717, 1.165) is 0 Å². The summed E-state index contributed by atoms with van der Waals surface area (Å²) in [6.45, 7) is 10.4. The van der Waals surface area contributed by atoms with Crippen LogP contribution in [0.2, 0.25) is 0 Å². The minimum Gasteiger partial charge on any atom is -0.369 e. The van der Waals surface area contributed by atoms with Crippen LogP contribution in [0.4, 0.5) is 4.39 Å². The summed E-state index contributed by atoms with van der Waals surface area (Å²) in [6.07, 6.45) is -0.412. The molecule has 1 aromatic rings. The Morgan fingerprint density at radius 1 is 1.33 bits per heavy atom. The van der Waals surface area contributed by atoms with E-state index in [-0.39, 0.29) is 17.3 Å². The van der Waals surface area contributed by atoms with Gasteiger partial charge < -0.3 is 9.64 Å². The number of morpholine rings is 1. The van der Waals surface area contributed by atoms with Crippen LogP contribution in [0.25, 0.3) is 0 Å². The smallest absolute Gasteiger partial charge is 0.228 e. The first-order chi connectivity index (χ1) is 9.63. The summed E-state index contributed by atoms with van der Waals surface area (Å²) in [6, 6.07) is 6.59. The van der Waals surface area contributed by atoms with Crippen molar-refractivity contribution in [3.63, 3.8) is 0 Å². The highest BCUT2D eigenvalue weighted by molar-refractivity contribution is 5.82. The van der Waals surface area contributed by atoms with Gasteiger partial charge >= 0.3 is 0 Å². The second kappa shape index (κ2) is 5.41. The molecule has 1 saturated heterocycles. The van der Waals surface area contributed by atoms with Crippen molar-refractivity contribution in [2.24, 2.45) is 5.41 Å². The Kier molecular flexibility index (Phi) is 4.11. The van der Waals surface area contributed by atoms with E-state index in [1.165, 1.54) is 6.07 Å². The molecule has 3 nitrogen and oxygen atoms in total. The average Bonchev–Trinajstić information content (AvgIpc) is 2.38. The molecule has 1 aromatic carbocycles. The molecule has 0 bridgehead atoms. The van der Waals surface area contributed by atoms with E-state index in [2.05, 4.69) is 0 Å². The summed E-state index contributed by atoms with van der Waals surface area (Å²) in [7, 11) is 0. The van der Waals surface area contributed by atoms with Gasteiger partial charge in [-0.25, -0.2) is 4.39 Å². The Balaban J connectivity index is 2.28. The van der Waals surface area contributed by atoms with Gasteiger partial charge in [0.15, 0.2) is 0 Å². The van der Waals surface area contributed by atoms with Crippen LogP contribution in [0.3, 0.4) is 0 Å².